The van der Waals surface area contributed by atoms with Crippen LogP contribution in [0.2, 0.25) is 0 Å². The summed E-state index contributed by atoms with van der Waals surface area (Å²) in [5.74, 6) is 0.457. The normalized spacial score (nSPS) is 11.8. The number of rotatable bonds is 13. The molecule has 4 aromatic rings. The van der Waals surface area contributed by atoms with Gasteiger partial charge in [-0.05, 0) is 62.0 Å². The second kappa shape index (κ2) is 13.4. The number of hydrogen-bond donors (Lipinski definition) is 0. The van der Waals surface area contributed by atoms with Crippen LogP contribution in [-0.2, 0) is 16.6 Å². The average molecular weight is 581 g/mol. The molecule has 1 aromatic heterocycles. The Kier molecular flexibility index (Phi) is 9.91. The zero-order chi connectivity index (χ0) is 28.7. The van der Waals surface area contributed by atoms with Crippen molar-refractivity contribution in [1.29, 1.82) is 0 Å². The number of likely N-dealkylation sites (N-methyl/N-ethyl adjacent to an activating group) is 1. The van der Waals surface area contributed by atoms with Crippen molar-refractivity contribution in [3.63, 3.8) is 0 Å². The second-order valence-electron chi connectivity index (χ2n) is 9.29. The van der Waals surface area contributed by atoms with Crippen molar-refractivity contribution in [1.82, 2.24) is 14.2 Å². The van der Waals surface area contributed by atoms with Crippen LogP contribution in [0.25, 0.3) is 10.2 Å². The molecule has 1 heterocycles. The van der Waals surface area contributed by atoms with E-state index in [0.29, 0.717) is 36.1 Å². The lowest BCUT2D eigenvalue weighted by Gasteiger charge is -2.25. The number of fused-ring (bicyclic) bond motifs is 1. The Morgan fingerprint density at radius 2 is 1.60 bits per heavy atom. The lowest BCUT2D eigenvalue weighted by Crippen LogP contribution is -2.38. The molecule has 0 aliphatic carbocycles. The van der Waals surface area contributed by atoms with E-state index in [1.165, 1.54) is 27.8 Å². The van der Waals surface area contributed by atoms with Crippen molar-refractivity contribution < 1.29 is 17.9 Å². The molecule has 0 atom stereocenters. The van der Waals surface area contributed by atoms with Crippen molar-refractivity contribution in [2.24, 2.45) is 0 Å². The summed E-state index contributed by atoms with van der Waals surface area (Å²) in [7, 11) is -2.17. The van der Waals surface area contributed by atoms with Crippen LogP contribution in [0.15, 0.2) is 77.7 Å². The van der Waals surface area contributed by atoms with Gasteiger partial charge in [-0.15, -0.1) is 0 Å². The van der Waals surface area contributed by atoms with Gasteiger partial charge in [-0.1, -0.05) is 61.6 Å². The fourth-order valence-corrected chi connectivity index (χ4v) is 6.56. The Hall–Kier alpha value is -3.31. The molecule has 0 saturated carbocycles. The number of aromatic nitrogens is 1. The van der Waals surface area contributed by atoms with E-state index in [1.54, 1.807) is 24.1 Å². The molecule has 3 aromatic carbocycles. The fraction of sp³-hybridized carbons (Fsp3) is 0.333. The molecule has 0 radical (unpaired) electrons. The lowest BCUT2D eigenvalue weighted by atomic mass is 10.2. The van der Waals surface area contributed by atoms with Crippen LogP contribution in [0.5, 0.6) is 5.75 Å². The molecule has 4 rings (SSSR count). The molecule has 0 fully saturated rings. The van der Waals surface area contributed by atoms with Crippen LogP contribution in [0, 0.1) is 0 Å². The van der Waals surface area contributed by atoms with Crippen LogP contribution >= 0.6 is 11.3 Å². The van der Waals surface area contributed by atoms with Gasteiger partial charge in [-0.3, -0.25) is 9.69 Å². The fourth-order valence-electron chi connectivity index (χ4n) is 4.40. The Morgan fingerprint density at radius 3 is 2.25 bits per heavy atom. The van der Waals surface area contributed by atoms with Gasteiger partial charge in [-0.2, -0.15) is 4.31 Å². The highest BCUT2D eigenvalue weighted by Gasteiger charge is 2.25. The number of thiazole rings is 1. The molecule has 0 aliphatic rings. The number of benzene rings is 3. The number of ether oxygens (including phenoxy) is 1. The number of sulfonamides is 1. The molecular weight excluding hydrogens is 544 g/mol. The van der Waals surface area contributed by atoms with Gasteiger partial charge in [-0.25, -0.2) is 13.4 Å². The first-order valence-corrected chi connectivity index (χ1v) is 15.7. The second-order valence-corrected chi connectivity index (χ2v) is 12.3. The molecule has 0 N–H and O–H groups in total. The molecule has 0 unspecified atom stereocenters. The zero-order valence-electron chi connectivity index (χ0n) is 23.4. The number of carbonyl (C=O) groups is 1. The number of amides is 1. The van der Waals surface area contributed by atoms with E-state index in [-0.39, 0.29) is 17.3 Å². The molecule has 1 amide bonds. The quantitative estimate of drug-likeness (QED) is 0.208. The Labute approximate surface area is 240 Å². The van der Waals surface area contributed by atoms with Gasteiger partial charge >= 0.3 is 0 Å². The highest BCUT2D eigenvalue weighted by molar-refractivity contribution is 7.89. The molecular formula is C30H36N4O4S2. The third-order valence-electron chi connectivity index (χ3n) is 6.74. The van der Waals surface area contributed by atoms with E-state index in [1.807, 2.05) is 55.5 Å². The van der Waals surface area contributed by atoms with Crippen LogP contribution in [-0.4, -0.2) is 68.3 Å². The standard InChI is InChI=1S/C30H36N4O4S2/c1-5-33(6-2)20-21-34(30-31-28-26(38-7-3)14-11-15-27(28)39-30)29(35)24-16-18-25(19-17-24)40(36,37)32(4)22-23-12-9-8-10-13-23/h8-19H,5-7,20-22H2,1-4H3. The third kappa shape index (κ3) is 6.69. The SMILES string of the molecule is CCOc1cccc2sc(N(CCN(CC)CC)C(=O)c3ccc(S(=O)(=O)N(C)Cc4ccccc4)cc3)nc12. The van der Waals surface area contributed by atoms with E-state index in [0.717, 1.165) is 28.9 Å². The zero-order valence-corrected chi connectivity index (χ0v) is 25.0. The monoisotopic (exact) mass is 580 g/mol. The van der Waals surface area contributed by atoms with Gasteiger partial charge in [0.1, 0.15) is 11.3 Å². The first-order chi connectivity index (χ1) is 19.3. The topological polar surface area (TPSA) is 83.0 Å². The Balaban J connectivity index is 1.61. The molecule has 40 heavy (non-hydrogen) atoms. The molecule has 212 valence electrons. The maximum absolute atomic E-state index is 13.8. The summed E-state index contributed by atoms with van der Waals surface area (Å²) >= 11 is 1.44. The van der Waals surface area contributed by atoms with E-state index in [9.17, 15) is 13.2 Å². The summed E-state index contributed by atoms with van der Waals surface area (Å²) < 4.78 is 34.4. The summed E-state index contributed by atoms with van der Waals surface area (Å²) in [6.07, 6.45) is 0. The van der Waals surface area contributed by atoms with Crippen molar-refractivity contribution >= 4 is 42.6 Å². The maximum Gasteiger partial charge on any atom is 0.260 e. The van der Waals surface area contributed by atoms with Crippen LogP contribution in [0.4, 0.5) is 5.13 Å². The summed E-state index contributed by atoms with van der Waals surface area (Å²) in [5.41, 5.74) is 2.02. The van der Waals surface area contributed by atoms with Crippen LogP contribution < -0.4 is 9.64 Å². The molecule has 0 aliphatic heterocycles. The Bertz CT molecular complexity index is 1520. The molecule has 10 heteroatoms. The van der Waals surface area contributed by atoms with E-state index in [2.05, 4.69) is 18.7 Å². The first-order valence-electron chi connectivity index (χ1n) is 13.4. The maximum atomic E-state index is 13.8. The minimum absolute atomic E-state index is 0.138. The van der Waals surface area contributed by atoms with Crippen molar-refractivity contribution in [3.8, 4) is 5.75 Å². The van der Waals surface area contributed by atoms with Gasteiger partial charge in [0, 0.05) is 32.2 Å². The summed E-state index contributed by atoms with van der Waals surface area (Å²) in [6.45, 7) is 9.76. The number of para-hydroxylation sites is 1. The predicted molar refractivity (Wildman–Crippen MR) is 162 cm³/mol. The molecule has 0 saturated heterocycles. The Morgan fingerprint density at radius 1 is 0.900 bits per heavy atom. The van der Waals surface area contributed by atoms with E-state index < -0.39 is 10.0 Å². The van der Waals surface area contributed by atoms with E-state index >= 15 is 0 Å². The largest absolute Gasteiger partial charge is 0.492 e. The number of hydrogen-bond acceptors (Lipinski definition) is 7. The van der Waals surface area contributed by atoms with Crippen molar-refractivity contribution in [2.75, 3.05) is 44.7 Å². The minimum Gasteiger partial charge on any atom is -0.492 e. The van der Waals surface area contributed by atoms with Gasteiger partial charge in [0.2, 0.25) is 10.0 Å². The lowest BCUT2D eigenvalue weighted by molar-refractivity contribution is 0.0983. The summed E-state index contributed by atoms with van der Waals surface area (Å²) in [6, 6.07) is 21.4. The van der Waals surface area contributed by atoms with Gasteiger partial charge < -0.3 is 9.64 Å². The molecule has 8 nitrogen and oxygen atoms in total. The number of nitrogens with zero attached hydrogens (tertiary/aromatic N) is 4. The first kappa shape index (κ1) is 29.7. The van der Waals surface area contributed by atoms with Crippen molar-refractivity contribution in [3.05, 3.63) is 83.9 Å². The molecule has 0 bridgehead atoms. The highest BCUT2D eigenvalue weighted by Crippen LogP contribution is 2.35. The number of anilines is 1. The summed E-state index contributed by atoms with van der Waals surface area (Å²) in [4.78, 5) is 22.7. The van der Waals surface area contributed by atoms with Crippen LogP contribution in [0.1, 0.15) is 36.7 Å². The average Bonchev–Trinajstić information content (AvgIpc) is 3.41. The van der Waals surface area contributed by atoms with Crippen LogP contribution in [0.3, 0.4) is 0 Å². The molecule has 0 spiro atoms. The number of carbonyl (C=O) groups excluding carboxylic acids is 1. The van der Waals surface area contributed by atoms with Gasteiger partial charge in [0.15, 0.2) is 5.13 Å². The minimum atomic E-state index is -3.73. The highest BCUT2D eigenvalue weighted by atomic mass is 32.2. The van der Waals surface area contributed by atoms with E-state index in [4.69, 9.17) is 9.72 Å². The summed E-state index contributed by atoms with van der Waals surface area (Å²) in [5, 5.41) is 0.582. The third-order valence-corrected chi connectivity index (χ3v) is 9.60. The smallest absolute Gasteiger partial charge is 0.260 e. The van der Waals surface area contributed by atoms with Gasteiger partial charge in [0.25, 0.3) is 5.91 Å². The van der Waals surface area contributed by atoms with Crippen molar-refractivity contribution in [2.45, 2.75) is 32.2 Å². The predicted octanol–water partition coefficient (Wildman–Crippen LogP) is 5.50. The van der Waals surface area contributed by atoms with Gasteiger partial charge in [0.05, 0.1) is 16.2 Å².